The van der Waals surface area contributed by atoms with Gasteiger partial charge in [-0.2, -0.15) is 0 Å². The third-order valence-corrected chi connectivity index (χ3v) is 10.6. The molecule has 0 aliphatic heterocycles. The minimum absolute atomic E-state index is 0.0790. The first-order valence-corrected chi connectivity index (χ1v) is 24.5. The van der Waals surface area contributed by atoms with Crippen molar-refractivity contribution in [2.24, 2.45) is 0 Å². The third-order valence-electron chi connectivity index (χ3n) is 10.6. The summed E-state index contributed by atoms with van der Waals surface area (Å²) in [7, 11) is 0. The number of unbranched alkanes of at least 4 members (excludes halogenated alkanes) is 27. The van der Waals surface area contributed by atoms with Crippen molar-refractivity contribution in [2.45, 2.75) is 258 Å². The highest BCUT2D eigenvalue weighted by Gasteiger charge is 2.19. The molecule has 0 heterocycles. The van der Waals surface area contributed by atoms with Gasteiger partial charge in [0.15, 0.2) is 6.10 Å². The van der Waals surface area contributed by atoms with Crippen LogP contribution in [0, 0.1) is 0 Å². The molecule has 0 saturated heterocycles. The molecule has 332 valence electrons. The first-order valence-electron chi connectivity index (χ1n) is 24.5. The molecule has 0 aromatic heterocycles. The molecule has 57 heavy (non-hydrogen) atoms. The van der Waals surface area contributed by atoms with Crippen LogP contribution in [0.1, 0.15) is 252 Å². The predicted octanol–water partition coefficient (Wildman–Crippen LogP) is 15.8. The summed E-state index contributed by atoms with van der Waals surface area (Å²) in [5.41, 5.74) is 0. The second-order valence-corrected chi connectivity index (χ2v) is 16.4. The fourth-order valence-electron chi connectivity index (χ4n) is 6.89. The lowest BCUT2D eigenvalue weighted by Gasteiger charge is -2.18. The first kappa shape index (κ1) is 54.6. The van der Waals surface area contributed by atoms with Gasteiger partial charge in [0.05, 0.1) is 0 Å². The monoisotopic (exact) mass is 801 g/mol. The van der Waals surface area contributed by atoms with E-state index in [1.54, 1.807) is 0 Å². The maximum absolute atomic E-state index is 12.7. The van der Waals surface area contributed by atoms with Crippen LogP contribution in [0.2, 0.25) is 0 Å². The molecule has 0 radical (unpaired) electrons. The molecule has 0 spiro atoms. The van der Waals surface area contributed by atoms with Crippen molar-refractivity contribution < 1.29 is 28.6 Å². The summed E-state index contributed by atoms with van der Waals surface area (Å²) in [5, 5.41) is 0. The van der Waals surface area contributed by atoms with Gasteiger partial charge in [-0.15, -0.1) is 0 Å². The summed E-state index contributed by atoms with van der Waals surface area (Å²) in [6.07, 6.45) is 52.7. The molecule has 0 aromatic rings. The Kier molecular flexibility index (Phi) is 44.4. The maximum atomic E-state index is 12.7. The van der Waals surface area contributed by atoms with Crippen LogP contribution < -0.4 is 0 Å². The van der Waals surface area contributed by atoms with Crippen molar-refractivity contribution >= 4 is 17.9 Å². The zero-order valence-corrected chi connectivity index (χ0v) is 37.9. The normalized spacial score (nSPS) is 12.3. The fourth-order valence-corrected chi connectivity index (χ4v) is 6.89. The zero-order valence-electron chi connectivity index (χ0n) is 37.9. The van der Waals surface area contributed by atoms with Crippen LogP contribution in [0.4, 0.5) is 0 Å². The third kappa shape index (κ3) is 44.6. The Hall–Kier alpha value is -2.37. The van der Waals surface area contributed by atoms with Gasteiger partial charge in [0.1, 0.15) is 13.2 Å². The SMILES string of the molecule is CCC/C=C\CCCCCCCC(=O)OCC(COC(=O)CCCCCCC/C=C\C/C=C\CCCCCC)OC(=O)CCCCCCCCCCCCCCC. The molecule has 0 aliphatic carbocycles. The van der Waals surface area contributed by atoms with Gasteiger partial charge in [0.2, 0.25) is 0 Å². The summed E-state index contributed by atoms with van der Waals surface area (Å²) in [6.45, 7) is 6.55. The quantitative estimate of drug-likeness (QED) is 0.0264. The van der Waals surface area contributed by atoms with Crippen LogP contribution in [0.25, 0.3) is 0 Å². The molecule has 6 nitrogen and oxygen atoms in total. The van der Waals surface area contributed by atoms with E-state index in [0.717, 1.165) is 89.9 Å². The summed E-state index contributed by atoms with van der Waals surface area (Å²) >= 11 is 0. The number of rotatable bonds is 44. The van der Waals surface area contributed by atoms with Gasteiger partial charge >= 0.3 is 17.9 Å². The topological polar surface area (TPSA) is 78.9 Å². The summed E-state index contributed by atoms with van der Waals surface area (Å²) < 4.78 is 16.7. The maximum Gasteiger partial charge on any atom is 0.306 e. The molecule has 0 bridgehead atoms. The largest absolute Gasteiger partial charge is 0.462 e. The van der Waals surface area contributed by atoms with Gasteiger partial charge in [0.25, 0.3) is 0 Å². The van der Waals surface area contributed by atoms with Gasteiger partial charge in [0, 0.05) is 19.3 Å². The molecule has 0 fully saturated rings. The van der Waals surface area contributed by atoms with Crippen molar-refractivity contribution in [2.75, 3.05) is 13.2 Å². The molecule has 0 rings (SSSR count). The van der Waals surface area contributed by atoms with E-state index in [1.165, 1.54) is 122 Å². The molecule has 1 atom stereocenters. The Morgan fingerprint density at radius 1 is 0.351 bits per heavy atom. The van der Waals surface area contributed by atoms with Crippen LogP contribution in [0.5, 0.6) is 0 Å². The van der Waals surface area contributed by atoms with E-state index in [-0.39, 0.29) is 31.1 Å². The van der Waals surface area contributed by atoms with Crippen molar-refractivity contribution in [1.29, 1.82) is 0 Å². The van der Waals surface area contributed by atoms with Gasteiger partial charge in [-0.1, -0.05) is 198 Å². The van der Waals surface area contributed by atoms with Gasteiger partial charge in [-0.05, 0) is 70.6 Å². The van der Waals surface area contributed by atoms with Crippen molar-refractivity contribution in [3.05, 3.63) is 36.5 Å². The molecule has 0 saturated carbocycles. The van der Waals surface area contributed by atoms with Crippen LogP contribution in [-0.4, -0.2) is 37.2 Å². The molecule has 0 aliphatic rings. The zero-order chi connectivity index (χ0) is 41.5. The highest BCUT2D eigenvalue weighted by atomic mass is 16.6. The molecule has 0 aromatic carbocycles. The van der Waals surface area contributed by atoms with E-state index in [2.05, 4.69) is 57.2 Å². The van der Waals surface area contributed by atoms with Crippen LogP contribution in [-0.2, 0) is 28.6 Å². The van der Waals surface area contributed by atoms with E-state index in [0.29, 0.717) is 19.3 Å². The highest BCUT2D eigenvalue weighted by Crippen LogP contribution is 2.15. The van der Waals surface area contributed by atoms with Crippen molar-refractivity contribution in [1.82, 2.24) is 0 Å². The number of allylic oxidation sites excluding steroid dienone is 6. The van der Waals surface area contributed by atoms with Crippen molar-refractivity contribution in [3.63, 3.8) is 0 Å². The number of ether oxygens (including phenoxy) is 3. The minimum atomic E-state index is -0.775. The summed E-state index contributed by atoms with van der Waals surface area (Å²) in [4.78, 5) is 37.8. The van der Waals surface area contributed by atoms with Crippen LogP contribution in [0.15, 0.2) is 36.5 Å². The number of hydrogen-bond donors (Lipinski definition) is 0. The summed E-state index contributed by atoms with van der Waals surface area (Å²) in [6, 6.07) is 0. The standard InChI is InChI=1S/C51H92O6/c1-4-7-10-13-16-19-22-24-25-26-28-29-32-35-38-41-44-50(53)56-47-48(46-55-49(52)43-40-37-34-31-21-18-15-12-9-6-3)57-51(54)45-42-39-36-33-30-27-23-20-17-14-11-8-5-2/h12,15,19,22,25-26,48H,4-11,13-14,16-18,20-21,23-24,27-47H2,1-3H3/b15-12-,22-19-,26-25-. The van der Waals surface area contributed by atoms with Crippen LogP contribution >= 0.6 is 0 Å². The molecular formula is C51H92O6. The second-order valence-electron chi connectivity index (χ2n) is 16.4. The number of hydrogen-bond acceptors (Lipinski definition) is 6. The Morgan fingerprint density at radius 3 is 1.07 bits per heavy atom. The van der Waals surface area contributed by atoms with E-state index in [9.17, 15) is 14.4 Å². The van der Waals surface area contributed by atoms with Crippen LogP contribution in [0.3, 0.4) is 0 Å². The van der Waals surface area contributed by atoms with Gasteiger partial charge in [-0.3, -0.25) is 14.4 Å². The molecule has 0 N–H and O–H groups in total. The fraction of sp³-hybridized carbons (Fsp3) is 0.824. The Labute approximate surface area is 353 Å². The second kappa shape index (κ2) is 46.3. The Morgan fingerprint density at radius 2 is 0.667 bits per heavy atom. The minimum Gasteiger partial charge on any atom is -0.462 e. The lowest BCUT2D eigenvalue weighted by molar-refractivity contribution is -0.167. The average Bonchev–Trinajstić information content (AvgIpc) is 3.21. The average molecular weight is 801 g/mol. The highest BCUT2D eigenvalue weighted by molar-refractivity contribution is 5.71. The lowest BCUT2D eigenvalue weighted by atomic mass is 10.0. The van der Waals surface area contributed by atoms with E-state index in [4.69, 9.17) is 14.2 Å². The van der Waals surface area contributed by atoms with Crippen molar-refractivity contribution in [3.8, 4) is 0 Å². The first-order chi connectivity index (χ1) is 28.0. The lowest BCUT2D eigenvalue weighted by Crippen LogP contribution is -2.30. The predicted molar refractivity (Wildman–Crippen MR) is 242 cm³/mol. The van der Waals surface area contributed by atoms with E-state index in [1.807, 2.05) is 0 Å². The van der Waals surface area contributed by atoms with E-state index >= 15 is 0 Å². The molecule has 6 heteroatoms. The Balaban J connectivity index is 4.36. The Bertz CT molecular complexity index is 969. The smallest absolute Gasteiger partial charge is 0.306 e. The number of esters is 3. The molecule has 0 amide bonds. The number of carbonyl (C=O) groups is 3. The van der Waals surface area contributed by atoms with Gasteiger partial charge in [-0.25, -0.2) is 0 Å². The molecule has 1 unspecified atom stereocenters. The summed E-state index contributed by atoms with van der Waals surface area (Å²) in [5.74, 6) is -0.897. The molecular weight excluding hydrogens is 709 g/mol. The van der Waals surface area contributed by atoms with Gasteiger partial charge < -0.3 is 14.2 Å². The number of carbonyl (C=O) groups excluding carboxylic acids is 3. The van der Waals surface area contributed by atoms with E-state index < -0.39 is 6.10 Å².